The van der Waals surface area contributed by atoms with E-state index >= 15 is 0 Å². The molecule has 0 aliphatic carbocycles. The third-order valence-electron chi connectivity index (χ3n) is 5.72. The number of nitro groups is 1. The fourth-order valence-corrected chi connectivity index (χ4v) is 5.80. The molecule has 0 saturated carbocycles. The molecule has 0 spiro atoms. The second kappa shape index (κ2) is 13.2. The minimum atomic E-state index is -0.590. The van der Waals surface area contributed by atoms with E-state index in [9.17, 15) is 10.1 Å². The van der Waals surface area contributed by atoms with Crippen molar-refractivity contribution in [2.24, 2.45) is 0 Å². The fraction of sp³-hybridized carbons (Fsp3) is 0.259. The van der Waals surface area contributed by atoms with Crippen LogP contribution in [0.15, 0.2) is 70.3 Å². The van der Waals surface area contributed by atoms with Gasteiger partial charge in [0.25, 0.3) is 0 Å². The Morgan fingerprint density at radius 3 is 2.54 bits per heavy atom. The van der Waals surface area contributed by atoms with Crippen molar-refractivity contribution in [3.05, 3.63) is 97.2 Å². The van der Waals surface area contributed by atoms with Crippen LogP contribution in [0.1, 0.15) is 29.1 Å². The normalized spacial score (nSPS) is 11.7. The lowest BCUT2D eigenvalue weighted by atomic mass is 10.1. The van der Waals surface area contributed by atoms with Crippen LogP contribution in [0.2, 0.25) is 5.02 Å². The number of hydrogen-bond acceptors (Lipinski definition) is 8. The number of thioether (sulfide) groups is 1. The molecule has 0 aliphatic rings. The smallest absolute Gasteiger partial charge is 0.220 e. The first-order chi connectivity index (χ1) is 18.8. The molecule has 3 aromatic carbocycles. The molecule has 0 aliphatic heterocycles. The Kier molecular flexibility index (Phi) is 9.71. The van der Waals surface area contributed by atoms with E-state index < -0.39 is 5.25 Å². The zero-order valence-electron chi connectivity index (χ0n) is 21.5. The van der Waals surface area contributed by atoms with Crippen LogP contribution in [0.25, 0.3) is 5.69 Å². The van der Waals surface area contributed by atoms with Crippen molar-refractivity contribution in [3.8, 4) is 22.9 Å². The van der Waals surface area contributed by atoms with Crippen molar-refractivity contribution < 1.29 is 19.1 Å². The van der Waals surface area contributed by atoms with Gasteiger partial charge in [-0.3, -0.25) is 14.7 Å². The third-order valence-corrected chi connectivity index (χ3v) is 7.86. The highest BCUT2D eigenvalue weighted by Gasteiger charge is 2.26. The van der Waals surface area contributed by atoms with E-state index in [-0.39, 0.29) is 18.1 Å². The molecule has 1 atom stereocenters. The maximum Gasteiger partial charge on any atom is 0.220 e. The Morgan fingerprint density at radius 1 is 1.13 bits per heavy atom. The predicted molar refractivity (Wildman–Crippen MR) is 154 cm³/mol. The summed E-state index contributed by atoms with van der Waals surface area (Å²) in [7, 11) is 1.52. The van der Waals surface area contributed by atoms with Gasteiger partial charge in [-0.25, -0.2) is 0 Å². The summed E-state index contributed by atoms with van der Waals surface area (Å²) >= 11 is 11.1. The number of aryl methyl sites for hydroxylation is 1. The van der Waals surface area contributed by atoms with Gasteiger partial charge in [-0.1, -0.05) is 41.6 Å². The summed E-state index contributed by atoms with van der Waals surface area (Å²) in [5, 5.41) is 20.8. The van der Waals surface area contributed by atoms with Crippen molar-refractivity contribution in [3.63, 3.8) is 0 Å². The van der Waals surface area contributed by atoms with Gasteiger partial charge < -0.3 is 14.2 Å². The fourth-order valence-electron chi connectivity index (χ4n) is 3.88. The van der Waals surface area contributed by atoms with Crippen LogP contribution in [-0.4, -0.2) is 39.9 Å². The van der Waals surface area contributed by atoms with Crippen molar-refractivity contribution in [1.29, 1.82) is 0 Å². The molecule has 0 N–H and O–H groups in total. The molecule has 1 aromatic heterocycles. The number of benzene rings is 3. The molecule has 0 fully saturated rings. The van der Waals surface area contributed by atoms with E-state index in [0.29, 0.717) is 44.1 Å². The van der Waals surface area contributed by atoms with Crippen LogP contribution in [-0.2, 0) is 6.61 Å². The van der Waals surface area contributed by atoms with Gasteiger partial charge >= 0.3 is 0 Å². The second-order valence-corrected chi connectivity index (χ2v) is 10.8. The van der Waals surface area contributed by atoms with Crippen LogP contribution in [0.4, 0.5) is 0 Å². The lowest BCUT2D eigenvalue weighted by Gasteiger charge is -2.18. The van der Waals surface area contributed by atoms with E-state index in [4.69, 9.17) is 25.8 Å². The molecule has 1 heterocycles. The summed E-state index contributed by atoms with van der Waals surface area (Å²) in [6.45, 7) is 4.21. The molecule has 9 nitrogen and oxygen atoms in total. The van der Waals surface area contributed by atoms with Gasteiger partial charge in [0.1, 0.15) is 23.4 Å². The molecule has 39 heavy (non-hydrogen) atoms. The quantitative estimate of drug-likeness (QED) is 0.0926. The Balaban J connectivity index is 1.64. The van der Waals surface area contributed by atoms with E-state index in [1.165, 1.54) is 18.9 Å². The van der Waals surface area contributed by atoms with E-state index in [1.807, 2.05) is 60.9 Å². The topological polar surface area (TPSA) is 102 Å². The Bertz CT molecular complexity index is 1450. The summed E-state index contributed by atoms with van der Waals surface area (Å²) < 4.78 is 19.6. The molecular weight excluding hydrogens is 608 g/mol. The number of aromatic nitrogens is 3. The summed E-state index contributed by atoms with van der Waals surface area (Å²) in [4.78, 5) is 11.3. The van der Waals surface area contributed by atoms with E-state index in [2.05, 4.69) is 26.1 Å². The first kappa shape index (κ1) is 28.7. The second-order valence-electron chi connectivity index (χ2n) is 8.33. The number of ether oxygens (including phenoxy) is 3. The van der Waals surface area contributed by atoms with E-state index in [1.54, 1.807) is 18.2 Å². The molecule has 0 amide bonds. The molecule has 0 saturated heterocycles. The molecule has 0 bridgehead atoms. The lowest BCUT2D eigenvalue weighted by molar-refractivity contribution is -0.479. The van der Waals surface area contributed by atoms with Crippen LogP contribution in [0, 0.1) is 17.0 Å². The average Bonchev–Trinajstić information content (AvgIpc) is 3.28. The highest BCUT2D eigenvalue weighted by molar-refractivity contribution is 9.10. The highest BCUT2D eigenvalue weighted by atomic mass is 79.9. The summed E-state index contributed by atoms with van der Waals surface area (Å²) in [6, 6.07) is 18.5. The molecule has 204 valence electrons. The predicted octanol–water partition coefficient (Wildman–Crippen LogP) is 7.09. The Morgan fingerprint density at radius 2 is 1.87 bits per heavy atom. The van der Waals surface area contributed by atoms with Gasteiger partial charge in [0, 0.05) is 21.2 Å². The standard InChI is InChI=1S/C27H26BrClN4O5S/c1-4-37-21-11-9-20(10-12-21)33-17(2)30-31-27(33)39-25(15-32(34)35)19-13-22(28)26(24(14-19)36-3)38-16-18-7-5-6-8-23(18)29/h5-14,25H,4,15-16H2,1-3H3/t25-/m1/s1. The summed E-state index contributed by atoms with van der Waals surface area (Å²) in [5.74, 6) is 2.31. The number of nitrogens with zero attached hydrogens (tertiary/aromatic N) is 4. The molecule has 4 rings (SSSR count). The van der Waals surface area contributed by atoms with Crippen molar-refractivity contribution in [2.45, 2.75) is 30.9 Å². The molecule has 12 heteroatoms. The summed E-state index contributed by atoms with van der Waals surface area (Å²) in [5.41, 5.74) is 2.32. The van der Waals surface area contributed by atoms with Crippen LogP contribution >= 0.6 is 39.3 Å². The Labute approximate surface area is 243 Å². The van der Waals surface area contributed by atoms with Gasteiger partial charge in [0.2, 0.25) is 6.54 Å². The van der Waals surface area contributed by atoms with Crippen LogP contribution in [0.5, 0.6) is 17.2 Å². The molecule has 0 unspecified atom stereocenters. The number of hydrogen-bond donors (Lipinski definition) is 0. The van der Waals surface area contributed by atoms with Gasteiger partial charge in [-0.05, 0) is 77.8 Å². The largest absolute Gasteiger partial charge is 0.494 e. The molecule has 4 aromatic rings. The third kappa shape index (κ3) is 7.03. The van der Waals surface area contributed by atoms with Gasteiger partial charge in [0.15, 0.2) is 16.7 Å². The van der Waals surface area contributed by atoms with Crippen molar-refractivity contribution in [2.75, 3.05) is 20.3 Å². The first-order valence-corrected chi connectivity index (χ1v) is 14.0. The minimum absolute atomic E-state index is 0.228. The van der Waals surface area contributed by atoms with Gasteiger partial charge in [-0.2, -0.15) is 0 Å². The zero-order chi connectivity index (χ0) is 27.9. The Hall–Kier alpha value is -3.28. The average molecular weight is 634 g/mol. The monoisotopic (exact) mass is 632 g/mol. The molecular formula is C27H26BrClN4O5S. The maximum atomic E-state index is 11.7. The number of halogens is 2. The van der Waals surface area contributed by atoms with Crippen molar-refractivity contribution in [1.82, 2.24) is 14.8 Å². The SMILES string of the molecule is CCOc1ccc(-n2c(C)nnc2S[C@H](C[N+](=O)[O-])c2cc(Br)c(OCc3ccccc3Cl)c(OC)c2)cc1. The van der Waals surface area contributed by atoms with E-state index in [0.717, 1.165) is 17.0 Å². The molecule has 0 radical (unpaired) electrons. The van der Waals surface area contributed by atoms with Gasteiger partial charge in [-0.15, -0.1) is 10.2 Å². The van der Waals surface area contributed by atoms with Crippen molar-refractivity contribution >= 4 is 39.3 Å². The lowest BCUT2D eigenvalue weighted by Crippen LogP contribution is -2.12. The van der Waals surface area contributed by atoms with Crippen LogP contribution < -0.4 is 14.2 Å². The zero-order valence-corrected chi connectivity index (χ0v) is 24.6. The number of rotatable bonds is 12. The van der Waals surface area contributed by atoms with Crippen LogP contribution in [0.3, 0.4) is 0 Å². The highest BCUT2D eigenvalue weighted by Crippen LogP contribution is 2.43. The minimum Gasteiger partial charge on any atom is -0.494 e. The number of methoxy groups -OCH3 is 1. The maximum absolute atomic E-state index is 11.7. The first-order valence-electron chi connectivity index (χ1n) is 12.0. The van der Waals surface area contributed by atoms with Gasteiger partial charge in [0.05, 0.1) is 18.2 Å². The summed E-state index contributed by atoms with van der Waals surface area (Å²) in [6.07, 6.45) is 0.